The van der Waals surface area contributed by atoms with E-state index in [0.717, 1.165) is 0 Å². The van der Waals surface area contributed by atoms with Gasteiger partial charge >= 0.3 is 5.69 Å². The molecule has 1 saturated heterocycles. The van der Waals surface area contributed by atoms with Crippen LogP contribution in [0.4, 0.5) is 5.69 Å². The number of aliphatic hydroxyl groups is 4. The van der Waals surface area contributed by atoms with Gasteiger partial charge in [0.15, 0.2) is 18.1 Å². The molecule has 1 aromatic rings. The first-order valence-electron chi connectivity index (χ1n) is 6.16. The van der Waals surface area contributed by atoms with Crippen LogP contribution in [-0.4, -0.2) is 62.7 Å². The average molecular weight is 301 g/mol. The fraction of sp³-hybridized carbons (Fsp3) is 0.500. The van der Waals surface area contributed by atoms with Gasteiger partial charge in [0.25, 0.3) is 0 Å². The molecule has 4 N–H and O–H groups in total. The molecule has 1 heterocycles. The van der Waals surface area contributed by atoms with Crippen LogP contribution in [0.1, 0.15) is 0 Å². The van der Waals surface area contributed by atoms with Crippen molar-refractivity contribution in [3.63, 3.8) is 0 Å². The summed E-state index contributed by atoms with van der Waals surface area (Å²) in [6.45, 7) is -0.604. The van der Waals surface area contributed by atoms with E-state index in [9.17, 15) is 25.4 Å². The van der Waals surface area contributed by atoms with Crippen LogP contribution in [-0.2, 0) is 4.74 Å². The lowest BCUT2D eigenvalue weighted by molar-refractivity contribution is -0.386. The van der Waals surface area contributed by atoms with Gasteiger partial charge in [-0.3, -0.25) is 10.1 Å². The van der Waals surface area contributed by atoms with Crippen LogP contribution >= 0.6 is 0 Å². The predicted octanol–water partition coefficient (Wildman–Crippen LogP) is -1.23. The Morgan fingerprint density at radius 2 is 1.90 bits per heavy atom. The molecule has 0 aromatic heterocycles. The number of ether oxygens (including phenoxy) is 2. The van der Waals surface area contributed by atoms with Crippen LogP contribution in [0.3, 0.4) is 0 Å². The molecule has 2 rings (SSSR count). The highest BCUT2D eigenvalue weighted by molar-refractivity contribution is 5.45. The number of benzene rings is 1. The molecule has 116 valence electrons. The maximum Gasteiger partial charge on any atom is 0.310 e. The Morgan fingerprint density at radius 1 is 1.24 bits per heavy atom. The fourth-order valence-corrected chi connectivity index (χ4v) is 2.05. The Kier molecular flexibility index (Phi) is 4.70. The molecule has 5 atom stereocenters. The number of nitro groups is 1. The molecule has 1 aliphatic heterocycles. The summed E-state index contributed by atoms with van der Waals surface area (Å²) >= 11 is 0. The van der Waals surface area contributed by atoms with Crippen molar-refractivity contribution in [3.8, 4) is 5.75 Å². The topological polar surface area (TPSA) is 143 Å². The number of nitro benzene ring substituents is 1. The van der Waals surface area contributed by atoms with E-state index in [2.05, 4.69) is 0 Å². The highest BCUT2D eigenvalue weighted by Crippen LogP contribution is 2.30. The van der Waals surface area contributed by atoms with Gasteiger partial charge in [0.1, 0.15) is 18.3 Å². The number of nitrogens with zero attached hydrogens (tertiary/aromatic N) is 1. The molecule has 21 heavy (non-hydrogen) atoms. The molecule has 0 radical (unpaired) electrons. The lowest BCUT2D eigenvalue weighted by atomic mass is 9.99. The number of aliphatic hydroxyl groups excluding tert-OH is 4. The first-order valence-corrected chi connectivity index (χ1v) is 6.16. The minimum absolute atomic E-state index is 0.177. The smallest absolute Gasteiger partial charge is 0.310 e. The molecule has 0 bridgehead atoms. The Labute approximate surface area is 119 Å². The third kappa shape index (κ3) is 3.12. The zero-order chi connectivity index (χ0) is 15.6. The second kappa shape index (κ2) is 6.33. The molecule has 9 heteroatoms. The maximum absolute atomic E-state index is 10.9. The highest BCUT2D eigenvalue weighted by Gasteiger charge is 2.45. The van der Waals surface area contributed by atoms with Gasteiger partial charge in [-0.05, 0) is 6.07 Å². The summed E-state index contributed by atoms with van der Waals surface area (Å²) in [5, 5.41) is 49.2. The van der Waals surface area contributed by atoms with Crippen molar-refractivity contribution in [2.45, 2.75) is 30.7 Å². The number of hydrogen-bond acceptors (Lipinski definition) is 8. The molecule has 1 aliphatic rings. The van der Waals surface area contributed by atoms with Crippen LogP contribution < -0.4 is 4.74 Å². The molecular weight excluding hydrogens is 286 g/mol. The number of hydrogen-bond donors (Lipinski definition) is 4. The minimum Gasteiger partial charge on any atom is -0.475 e. The van der Waals surface area contributed by atoms with Crippen LogP contribution in [0.5, 0.6) is 5.75 Å². The molecule has 0 unspecified atom stereocenters. The number of rotatable bonds is 4. The summed E-state index contributed by atoms with van der Waals surface area (Å²) in [5.74, 6) is -0.177. The molecule has 0 amide bonds. The van der Waals surface area contributed by atoms with Gasteiger partial charge in [-0.2, -0.15) is 0 Å². The van der Waals surface area contributed by atoms with Crippen molar-refractivity contribution < 1.29 is 34.8 Å². The summed E-state index contributed by atoms with van der Waals surface area (Å²) in [6.07, 6.45) is -7.32. The monoisotopic (exact) mass is 301 g/mol. The molecule has 9 nitrogen and oxygen atoms in total. The van der Waals surface area contributed by atoms with Gasteiger partial charge in [0.2, 0.25) is 0 Å². The number of para-hydroxylation sites is 2. The van der Waals surface area contributed by atoms with Crippen LogP contribution in [0.25, 0.3) is 0 Å². The van der Waals surface area contributed by atoms with Crippen molar-refractivity contribution in [3.05, 3.63) is 34.4 Å². The lowest BCUT2D eigenvalue weighted by Gasteiger charge is -2.39. The van der Waals surface area contributed by atoms with Gasteiger partial charge in [-0.25, -0.2) is 0 Å². The van der Waals surface area contributed by atoms with Crippen molar-refractivity contribution in [1.29, 1.82) is 0 Å². The second-order valence-corrected chi connectivity index (χ2v) is 4.54. The Bertz CT molecular complexity index is 510. The highest BCUT2D eigenvalue weighted by atomic mass is 16.7. The summed E-state index contributed by atoms with van der Waals surface area (Å²) < 4.78 is 10.1. The van der Waals surface area contributed by atoms with Crippen LogP contribution in [0.2, 0.25) is 0 Å². The Balaban J connectivity index is 2.21. The van der Waals surface area contributed by atoms with Gasteiger partial charge in [0, 0.05) is 6.07 Å². The summed E-state index contributed by atoms with van der Waals surface area (Å²) in [4.78, 5) is 10.2. The fourth-order valence-electron chi connectivity index (χ4n) is 2.05. The van der Waals surface area contributed by atoms with Gasteiger partial charge in [-0.1, -0.05) is 12.1 Å². The van der Waals surface area contributed by atoms with E-state index >= 15 is 0 Å². The molecule has 0 spiro atoms. The van der Waals surface area contributed by atoms with Crippen molar-refractivity contribution >= 4 is 5.69 Å². The van der Waals surface area contributed by atoms with Gasteiger partial charge < -0.3 is 29.9 Å². The van der Waals surface area contributed by atoms with Crippen molar-refractivity contribution in [2.75, 3.05) is 6.61 Å². The molecular formula is C12H15NO8. The second-order valence-electron chi connectivity index (χ2n) is 4.54. The van der Waals surface area contributed by atoms with Gasteiger partial charge in [-0.15, -0.1) is 0 Å². The molecule has 1 fully saturated rings. The van der Waals surface area contributed by atoms with Crippen molar-refractivity contribution in [2.24, 2.45) is 0 Å². The Hall–Kier alpha value is -1.78. The SMILES string of the molecule is O=[N+]([O-])c1ccccc1O[C@@H]1[C@@H](O)[C@H](O)[C@@H](CO)O[C@@H]1O. The summed E-state index contributed by atoms with van der Waals surface area (Å²) in [5.41, 5.74) is -0.351. The van der Waals surface area contributed by atoms with Crippen LogP contribution in [0, 0.1) is 10.1 Å². The van der Waals surface area contributed by atoms with E-state index in [-0.39, 0.29) is 11.4 Å². The zero-order valence-corrected chi connectivity index (χ0v) is 10.8. The summed E-state index contributed by atoms with van der Waals surface area (Å²) in [7, 11) is 0. The van der Waals surface area contributed by atoms with E-state index in [0.29, 0.717) is 0 Å². The average Bonchev–Trinajstić information content (AvgIpc) is 2.47. The lowest BCUT2D eigenvalue weighted by Crippen LogP contribution is -2.60. The first kappa shape index (κ1) is 15.6. The van der Waals surface area contributed by atoms with Crippen molar-refractivity contribution in [1.82, 2.24) is 0 Å². The van der Waals surface area contributed by atoms with E-state index in [1.54, 1.807) is 0 Å². The van der Waals surface area contributed by atoms with E-state index in [1.165, 1.54) is 24.3 Å². The van der Waals surface area contributed by atoms with E-state index < -0.39 is 42.2 Å². The maximum atomic E-state index is 10.9. The normalized spacial score (nSPS) is 32.7. The standard InChI is InChI=1S/C12H15NO8/c14-5-8-9(15)10(16)11(12(17)21-8)20-7-4-2-1-3-6(7)13(18)19/h1-4,8-12,14-17H,5H2/t8-,9-,10+,11-,12+/m1/s1. The predicted molar refractivity (Wildman–Crippen MR) is 67.5 cm³/mol. The zero-order valence-electron chi connectivity index (χ0n) is 10.8. The Morgan fingerprint density at radius 3 is 2.52 bits per heavy atom. The molecule has 0 saturated carbocycles. The molecule has 1 aromatic carbocycles. The van der Waals surface area contributed by atoms with Gasteiger partial charge in [0.05, 0.1) is 11.5 Å². The third-order valence-corrected chi connectivity index (χ3v) is 3.17. The summed E-state index contributed by atoms with van der Waals surface area (Å²) in [6, 6.07) is 5.41. The largest absolute Gasteiger partial charge is 0.475 e. The third-order valence-electron chi connectivity index (χ3n) is 3.17. The molecule has 0 aliphatic carbocycles. The van der Waals surface area contributed by atoms with E-state index in [4.69, 9.17) is 14.6 Å². The first-order chi connectivity index (χ1) is 9.95. The quantitative estimate of drug-likeness (QED) is 0.400. The minimum atomic E-state index is -1.65. The van der Waals surface area contributed by atoms with Crippen LogP contribution in [0.15, 0.2) is 24.3 Å². The van der Waals surface area contributed by atoms with E-state index in [1.807, 2.05) is 0 Å².